The second-order valence-corrected chi connectivity index (χ2v) is 10.7. The number of nitrogens with one attached hydrogen (secondary N) is 3. The first kappa shape index (κ1) is 30.6. The molecule has 2 amide bonds. The van der Waals surface area contributed by atoms with Gasteiger partial charge < -0.3 is 25.6 Å². The third-order valence-electron chi connectivity index (χ3n) is 6.70. The lowest BCUT2D eigenvalue weighted by atomic mass is 9.96. The van der Waals surface area contributed by atoms with E-state index in [0.717, 1.165) is 0 Å². The molecule has 1 aliphatic rings. The van der Waals surface area contributed by atoms with Crippen LogP contribution in [0, 0.1) is 5.82 Å². The van der Waals surface area contributed by atoms with Crippen LogP contribution in [0.3, 0.4) is 0 Å². The summed E-state index contributed by atoms with van der Waals surface area (Å²) in [5.74, 6) is 0.931. The zero-order valence-electron chi connectivity index (χ0n) is 24.0. The molecule has 5 rings (SSSR count). The van der Waals surface area contributed by atoms with Gasteiger partial charge in [-0.25, -0.2) is 24.1 Å². The molecule has 0 spiro atoms. The largest absolute Gasteiger partial charge is 0.378 e. The highest BCUT2D eigenvalue weighted by Crippen LogP contribution is 2.29. The first-order valence-electron chi connectivity index (χ1n) is 13.2. The van der Waals surface area contributed by atoms with E-state index in [1.54, 1.807) is 32.6 Å². The Bertz CT molecular complexity index is 1680. The summed E-state index contributed by atoms with van der Waals surface area (Å²) in [7, 11) is 3.30. The number of ether oxygens (including phenoxy) is 1. The number of pyridine rings is 1. The number of fused-ring (bicyclic) bond motifs is 1. The number of anilines is 4. The van der Waals surface area contributed by atoms with Crippen LogP contribution in [0.5, 0.6) is 0 Å². The highest BCUT2D eigenvalue weighted by atomic mass is 35.5. The Hall–Kier alpha value is -4.36. The van der Waals surface area contributed by atoms with E-state index in [0.29, 0.717) is 71.7 Å². The number of halogens is 2. The maximum absolute atomic E-state index is 14.9. The molecule has 4 heterocycles. The molecule has 0 saturated carbocycles. The molecule has 3 N–H and O–H groups in total. The van der Waals surface area contributed by atoms with Crippen LogP contribution in [0.2, 0.25) is 0 Å². The summed E-state index contributed by atoms with van der Waals surface area (Å²) in [6.45, 7) is 8.32. The molecule has 14 heteroatoms. The van der Waals surface area contributed by atoms with Crippen LogP contribution < -0.4 is 26.4 Å². The van der Waals surface area contributed by atoms with Crippen LogP contribution in [-0.4, -0.2) is 63.9 Å². The molecular weight excluding hydrogens is 565 g/mol. The minimum atomic E-state index is -0.679. The Balaban J connectivity index is 0.00000405. The van der Waals surface area contributed by atoms with Crippen molar-refractivity contribution in [1.82, 2.24) is 24.5 Å². The molecule has 222 valence electrons. The molecule has 1 fully saturated rings. The van der Waals surface area contributed by atoms with Gasteiger partial charge in [-0.2, -0.15) is 4.98 Å². The predicted molar refractivity (Wildman–Crippen MR) is 163 cm³/mol. The smallest absolute Gasteiger partial charge is 0.323 e. The molecule has 42 heavy (non-hydrogen) atoms. The van der Waals surface area contributed by atoms with Crippen molar-refractivity contribution >= 4 is 52.6 Å². The molecule has 0 unspecified atom stereocenters. The van der Waals surface area contributed by atoms with E-state index in [1.807, 2.05) is 25.7 Å². The summed E-state index contributed by atoms with van der Waals surface area (Å²) in [5.41, 5.74) is 0.855. The minimum Gasteiger partial charge on any atom is -0.378 e. The Morgan fingerprint density at radius 3 is 2.43 bits per heavy atom. The van der Waals surface area contributed by atoms with Crippen molar-refractivity contribution in [2.75, 3.05) is 54.2 Å². The lowest BCUT2D eigenvalue weighted by molar-refractivity contribution is 0.122. The predicted octanol–water partition coefficient (Wildman–Crippen LogP) is 4.17. The van der Waals surface area contributed by atoms with Gasteiger partial charge in [0.25, 0.3) is 5.56 Å². The van der Waals surface area contributed by atoms with E-state index >= 15 is 0 Å². The van der Waals surface area contributed by atoms with Gasteiger partial charge in [0.05, 0.1) is 25.1 Å². The maximum atomic E-state index is 14.9. The van der Waals surface area contributed by atoms with E-state index in [4.69, 9.17) is 9.72 Å². The SMILES string of the molecule is CNc1ncc2cc(-c3ccc(F)c(NC(=O)Nc4cnc(C(C)(C)C)nc4N4CCOCC4)c3)c(=O)n(C)c2n1.Cl. The monoisotopic (exact) mass is 597 g/mol. The normalized spacial score (nSPS) is 13.4. The fourth-order valence-corrected chi connectivity index (χ4v) is 4.48. The molecule has 1 aliphatic heterocycles. The summed E-state index contributed by atoms with van der Waals surface area (Å²) < 4.78 is 21.7. The molecular formula is C28H33ClFN9O3. The number of carbonyl (C=O) groups excluding carboxylic acids is 1. The van der Waals surface area contributed by atoms with Crippen molar-refractivity contribution in [2.45, 2.75) is 26.2 Å². The number of benzene rings is 1. The van der Waals surface area contributed by atoms with Crippen molar-refractivity contribution in [2.24, 2.45) is 7.05 Å². The van der Waals surface area contributed by atoms with Gasteiger partial charge in [0, 0.05) is 49.7 Å². The number of carbonyl (C=O) groups is 1. The van der Waals surface area contributed by atoms with E-state index in [-0.39, 0.29) is 29.1 Å². The van der Waals surface area contributed by atoms with E-state index < -0.39 is 11.8 Å². The Kier molecular flexibility index (Phi) is 8.92. The molecule has 0 bridgehead atoms. The van der Waals surface area contributed by atoms with Crippen molar-refractivity contribution in [3.05, 3.63) is 58.7 Å². The first-order valence-corrected chi connectivity index (χ1v) is 13.2. The maximum Gasteiger partial charge on any atom is 0.323 e. The average molecular weight is 598 g/mol. The number of nitrogens with zero attached hydrogens (tertiary/aromatic N) is 6. The second kappa shape index (κ2) is 12.2. The van der Waals surface area contributed by atoms with Crippen molar-refractivity contribution in [3.8, 4) is 11.1 Å². The van der Waals surface area contributed by atoms with Crippen LogP contribution in [0.1, 0.15) is 26.6 Å². The van der Waals surface area contributed by atoms with Gasteiger partial charge in [-0.1, -0.05) is 26.8 Å². The zero-order valence-corrected chi connectivity index (χ0v) is 24.8. The number of amides is 2. The number of aryl methyl sites for hydroxylation is 1. The van der Waals surface area contributed by atoms with Crippen molar-refractivity contribution in [1.29, 1.82) is 0 Å². The summed E-state index contributed by atoms with van der Waals surface area (Å²) in [6.07, 6.45) is 3.16. The van der Waals surface area contributed by atoms with Crippen LogP contribution >= 0.6 is 12.4 Å². The molecule has 12 nitrogen and oxygen atoms in total. The van der Waals surface area contributed by atoms with Crippen molar-refractivity contribution in [3.63, 3.8) is 0 Å². The number of hydrogen-bond acceptors (Lipinski definition) is 9. The third kappa shape index (κ3) is 6.26. The first-order chi connectivity index (χ1) is 19.5. The highest BCUT2D eigenvalue weighted by molar-refractivity contribution is 6.01. The fraction of sp³-hybridized carbons (Fsp3) is 0.357. The number of rotatable bonds is 5. The van der Waals surface area contributed by atoms with Crippen LogP contribution in [0.25, 0.3) is 22.2 Å². The molecule has 4 aromatic rings. The number of aromatic nitrogens is 5. The molecule has 3 aromatic heterocycles. The van der Waals surface area contributed by atoms with E-state index in [2.05, 4.69) is 30.9 Å². The molecule has 0 radical (unpaired) electrons. The van der Waals surface area contributed by atoms with Gasteiger partial charge in [-0.05, 0) is 23.8 Å². The van der Waals surface area contributed by atoms with Crippen LogP contribution in [-0.2, 0) is 17.2 Å². The van der Waals surface area contributed by atoms with Gasteiger partial charge in [-0.3, -0.25) is 9.36 Å². The van der Waals surface area contributed by atoms with Gasteiger partial charge in [0.1, 0.15) is 23.0 Å². The molecule has 0 atom stereocenters. The topological polar surface area (TPSA) is 139 Å². The van der Waals surface area contributed by atoms with Gasteiger partial charge in [-0.15, -0.1) is 12.4 Å². The fourth-order valence-electron chi connectivity index (χ4n) is 4.48. The van der Waals surface area contributed by atoms with Crippen molar-refractivity contribution < 1.29 is 13.9 Å². The minimum absolute atomic E-state index is 0. The molecule has 1 saturated heterocycles. The summed E-state index contributed by atoms with van der Waals surface area (Å²) in [6, 6.07) is 5.08. The molecule has 1 aromatic carbocycles. The lowest BCUT2D eigenvalue weighted by Gasteiger charge is -2.30. The van der Waals surface area contributed by atoms with Gasteiger partial charge >= 0.3 is 6.03 Å². The quantitative estimate of drug-likeness (QED) is 0.309. The van der Waals surface area contributed by atoms with Gasteiger partial charge in [0.15, 0.2) is 5.82 Å². The molecule has 0 aliphatic carbocycles. The van der Waals surface area contributed by atoms with Crippen LogP contribution in [0.4, 0.5) is 32.3 Å². The number of urea groups is 1. The van der Waals surface area contributed by atoms with Crippen LogP contribution in [0.15, 0.2) is 41.5 Å². The third-order valence-corrected chi connectivity index (χ3v) is 6.70. The summed E-state index contributed by atoms with van der Waals surface area (Å²) in [5, 5.41) is 8.81. The van der Waals surface area contributed by atoms with E-state index in [1.165, 1.54) is 22.8 Å². The van der Waals surface area contributed by atoms with E-state index in [9.17, 15) is 14.0 Å². The van der Waals surface area contributed by atoms with Gasteiger partial charge in [0.2, 0.25) is 5.95 Å². The average Bonchev–Trinajstić information content (AvgIpc) is 2.96. The lowest BCUT2D eigenvalue weighted by Crippen LogP contribution is -2.38. The standard InChI is InChI=1S/C28H32FN9O3.ClH/c1-28(2,3)25-31-15-21(23(35-25)38-8-10-41-11-9-38)34-27(40)33-20-13-16(6-7-19(20)29)18-12-17-14-32-26(30-4)36-22(17)37(5)24(18)39;/h6-7,12-15H,8-11H2,1-5H3,(H,30,32,36)(H2,33,34,40);1H. The Morgan fingerprint density at radius 2 is 1.74 bits per heavy atom. The Morgan fingerprint density at radius 1 is 1.02 bits per heavy atom. The number of morpholine rings is 1. The zero-order chi connectivity index (χ0) is 29.3. The second-order valence-electron chi connectivity index (χ2n) is 10.7. The Labute approximate surface area is 248 Å². The number of hydrogen-bond donors (Lipinski definition) is 3. The summed E-state index contributed by atoms with van der Waals surface area (Å²) in [4.78, 5) is 46.1. The summed E-state index contributed by atoms with van der Waals surface area (Å²) >= 11 is 0. The highest BCUT2D eigenvalue weighted by Gasteiger charge is 2.24.